The van der Waals surface area contributed by atoms with Crippen LogP contribution in [0.15, 0.2) is 0 Å². The van der Waals surface area contributed by atoms with Crippen molar-refractivity contribution in [2.45, 2.75) is 32.4 Å². The molecule has 86 valence electrons. The lowest BCUT2D eigenvalue weighted by Gasteiger charge is -2.26. The minimum absolute atomic E-state index is 0.121. The average molecular weight is 213 g/mol. The van der Waals surface area contributed by atoms with Gasteiger partial charge in [-0.3, -0.25) is 0 Å². The van der Waals surface area contributed by atoms with Gasteiger partial charge >= 0.3 is 0 Å². The zero-order valence-electron chi connectivity index (χ0n) is 9.98. The molecule has 1 rings (SSSR count). The lowest BCUT2D eigenvalue weighted by atomic mass is 10.1. The van der Waals surface area contributed by atoms with E-state index in [2.05, 4.69) is 20.8 Å². The Balaban J connectivity index is 2.98. The van der Waals surface area contributed by atoms with Crippen LogP contribution in [0.5, 0.6) is 0 Å². The van der Waals surface area contributed by atoms with E-state index in [1.54, 1.807) is 11.8 Å². The van der Waals surface area contributed by atoms with Gasteiger partial charge in [0.1, 0.15) is 0 Å². The molecule has 6 nitrogen and oxygen atoms in total. The number of nitrogens with one attached hydrogen (secondary N) is 1. The standard InChI is InChI=1S/C9H19N5O/c1-7(10-4)8-11-12-13-14(8)9(2,3)6-15-5/h7,10H,6H2,1-5H3. The molecule has 0 fully saturated rings. The summed E-state index contributed by atoms with van der Waals surface area (Å²) in [6, 6.07) is 0.121. The van der Waals surface area contributed by atoms with Crippen molar-refractivity contribution in [3.8, 4) is 0 Å². The molecule has 0 saturated heterocycles. The highest BCUT2D eigenvalue weighted by atomic mass is 16.5. The predicted octanol–water partition coefficient (Wildman–Crippen LogP) is 0.335. The van der Waals surface area contributed by atoms with E-state index in [1.165, 1.54) is 0 Å². The van der Waals surface area contributed by atoms with Crippen molar-refractivity contribution < 1.29 is 4.74 Å². The number of nitrogens with zero attached hydrogens (tertiary/aromatic N) is 4. The molecule has 1 atom stereocenters. The highest BCUT2D eigenvalue weighted by molar-refractivity contribution is 4.94. The molecule has 0 amide bonds. The van der Waals surface area contributed by atoms with E-state index in [4.69, 9.17) is 4.74 Å². The van der Waals surface area contributed by atoms with Gasteiger partial charge in [0.15, 0.2) is 5.82 Å². The molecule has 0 aromatic carbocycles. The van der Waals surface area contributed by atoms with Crippen LogP contribution in [0.3, 0.4) is 0 Å². The Hall–Kier alpha value is -1.01. The summed E-state index contributed by atoms with van der Waals surface area (Å²) in [5, 5.41) is 14.9. The Bertz CT molecular complexity index is 309. The van der Waals surface area contributed by atoms with Crippen molar-refractivity contribution >= 4 is 0 Å². The quantitative estimate of drug-likeness (QED) is 0.764. The fraction of sp³-hybridized carbons (Fsp3) is 0.889. The third-order valence-corrected chi connectivity index (χ3v) is 2.38. The Morgan fingerprint density at radius 1 is 1.53 bits per heavy atom. The van der Waals surface area contributed by atoms with Crippen LogP contribution >= 0.6 is 0 Å². The Morgan fingerprint density at radius 3 is 2.73 bits per heavy atom. The first-order valence-electron chi connectivity index (χ1n) is 4.98. The number of hydrogen-bond donors (Lipinski definition) is 1. The predicted molar refractivity (Wildman–Crippen MR) is 56.5 cm³/mol. The summed E-state index contributed by atoms with van der Waals surface area (Å²) in [5.74, 6) is 0.819. The average Bonchev–Trinajstić information content (AvgIpc) is 2.65. The first-order chi connectivity index (χ1) is 7.03. The minimum Gasteiger partial charge on any atom is -0.382 e. The van der Waals surface area contributed by atoms with Crippen LogP contribution in [0.4, 0.5) is 0 Å². The minimum atomic E-state index is -0.237. The summed E-state index contributed by atoms with van der Waals surface area (Å²) in [4.78, 5) is 0. The number of methoxy groups -OCH3 is 1. The summed E-state index contributed by atoms with van der Waals surface area (Å²) in [6.45, 7) is 6.67. The van der Waals surface area contributed by atoms with Gasteiger partial charge in [-0.1, -0.05) is 0 Å². The number of hydrogen-bond acceptors (Lipinski definition) is 5. The van der Waals surface area contributed by atoms with E-state index in [-0.39, 0.29) is 11.6 Å². The highest BCUT2D eigenvalue weighted by Crippen LogP contribution is 2.18. The molecule has 0 radical (unpaired) electrons. The van der Waals surface area contributed by atoms with Crippen molar-refractivity contribution in [2.24, 2.45) is 0 Å². The lowest BCUT2D eigenvalue weighted by Crippen LogP contribution is -2.35. The van der Waals surface area contributed by atoms with E-state index in [0.717, 1.165) is 5.82 Å². The second kappa shape index (κ2) is 4.67. The smallest absolute Gasteiger partial charge is 0.168 e. The van der Waals surface area contributed by atoms with Crippen LogP contribution in [0.2, 0.25) is 0 Å². The van der Waals surface area contributed by atoms with Crippen molar-refractivity contribution in [1.29, 1.82) is 0 Å². The molecule has 0 aliphatic carbocycles. The van der Waals surface area contributed by atoms with Gasteiger partial charge in [0.05, 0.1) is 18.2 Å². The largest absolute Gasteiger partial charge is 0.382 e. The molecule has 0 spiro atoms. The lowest BCUT2D eigenvalue weighted by molar-refractivity contribution is 0.0967. The molecule has 1 N–H and O–H groups in total. The van der Waals surface area contributed by atoms with Gasteiger partial charge in [-0.15, -0.1) is 5.10 Å². The van der Waals surface area contributed by atoms with Crippen LogP contribution < -0.4 is 5.32 Å². The topological polar surface area (TPSA) is 64.9 Å². The van der Waals surface area contributed by atoms with Gasteiger partial charge in [-0.25, -0.2) is 4.68 Å². The number of tetrazole rings is 1. The maximum Gasteiger partial charge on any atom is 0.168 e. The van der Waals surface area contributed by atoms with Crippen LogP contribution in [-0.4, -0.2) is 41.0 Å². The fourth-order valence-electron chi connectivity index (χ4n) is 1.44. The van der Waals surface area contributed by atoms with Crippen molar-refractivity contribution in [2.75, 3.05) is 20.8 Å². The van der Waals surface area contributed by atoms with Gasteiger partial charge in [0.25, 0.3) is 0 Å². The van der Waals surface area contributed by atoms with Crippen LogP contribution in [0.25, 0.3) is 0 Å². The monoisotopic (exact) mass is 213 g/mol. The van der Waals surface area contributed by atoms with Gasteiger partial charge in [0.2, 0.25) is 0 Å². The van der Waals surface area contributed by atoms with E-state index >= 15 is 0 Å². The molecule has 6 heteroatoms. The fourth-order valence-corrected chi connectivity index (χ4v) is 1.44. The summed E-state index contributed by atoms with van der Waals surface area (Å²) < 4.78 is 6.97. The van der Waals surface area contributed by atoms with Gasteiger partial charge in [0, 0.05) is 7.11 Å². The van der Waals surface area contributed by atoms with E-state index in [1.807, 2.05) is 27.8 Å². The Labute approximate surface area is 90.0 Å². The van der Waals surface area contributed by atoms with Gasteiger partial charge in [-0.2, -0.15) is 0 Å². The Morgan fingerprint density at radius 2 is 2.20 bits per heavy atom. The molecule has 0 aliphatic rings. The van der Waals surface area contributed by atoms with Gasteiger partial charge < -0.3 is 10.1 Å². The molecule has 1 aromatic heterocycles. The summed E-state index contributed by atoms with van der Waals surface area (Å²) in [7, 11) is 3.56. The highest BCUT2D eigenvalue weighted by Gasteiger charge is 2.27. The first kappa shape index (κ1) is 12.1. The van der Waals surface area contributed by atoms with E-state index in [9.17, 15) is 0 Å². The molecular weight excluding hydrogens is 194 g/mol. The third-order valence-electron chi connectivity index (χ3n) is 2.38. The SMILES string of the molecule is CNC(C)c1nnnn1C(C)(C)COC. The maximum atomic E-state index is 5.16. The number of aromatic nitrogens is 4. The summed E-state index contributed by atoms with van der Waals surface area (Å²) in [6.07, 6.45) is 0. The first-order valence-corrected chi connectivity index (χ1v) is 4.98. The normalized spacial score (nSPS) is 14.2. The molecule has 15 heavy (non-hydrogen) atoms. The molecule has 0 saturated carbocycles. The summed E-state index contributed by atoms with van der Waals surface area (Å²) >= 11 is 0. The second-order valence-electron chi connectivity index (χ2n) is 4.20. The third kappa shape index (κ3) is 2.51. The molecule has 1 aromatic rings. The van der Waals surface area contributed by atoms with Crippen LogP contribution in [-0.2, 0) is 10.3 Å². The Kier molecular flexibility index (Phi) is 3.76. The maximum absolute atomic E-state index is 5.16. The molecular formula is C9H19N5O. The van der Waals surface area contributed by atoms with Crippen LogP contribution in [0, 0.1) is 0 Å². The molecule has 0 aliphatic heterocycles. The van der Waals surface area contributed by atoms with Crippen molar-refractivity contribution in [1.82, 2.24) is 25.5 Å². The van der Waals surface area contributed by atoms with E-state index < -0.39 is 0 Å². The van der Waals surface area contributed by atoms with Gasteiger partial charge in [-0.05, 0) is 38.2 Å². The van der Waals surface area contributed by atoms with Crippen molar-refractivity contribution in [3.63, 3.8) is 0 Å². The zero-order chi connectivity index (χ0) is 11.5. The van der Waals surface area contributed by atoms with E-state index in [0.29, 0.717) is 6.61 Å². The van der Waals surface area contributed by atoms with Crippen LogP contribution in [0.1, 0.15) is 32.6 Å². The molecule has 1 unspecified atom stereocenters. The number of rotatable bonds is 5. The second-order valence-corrected chi connectivity index (χ2v) is 4.20. The van der Waals surface area contributed by atoms with Crippen molar-refractivity contribution in [3.05, 3.63) is 5.82 Å². The summed E-state index contributed by atoms with van der Waals surface area (Å²) in [5.41, 5.74) is -0.237. The molecule has 1 heterocycles. The zero-order valence-corrected chi connectivity index (χ0v) is 9.98. The molecule has 0 bridgehead atoms. The number of ether oxygens (including phenoxy) is 1.